The van der Waals surface area contributed by atoms with Crippen LogP contribution in [0.15, 0.2) is 23.1 Å². The van der Waals surface area contributed by atoms with Crippen LogP contribution in [0.3, 0.4) is 0 Å². The van der Waals surface area contributed by atoms with Gasteiger partial charge >= 0.3 is 5.97 Å². The Morgan fingerprint density at radius 2 is 2.11 bits per heavy atom. The van der Waals surface area contributed by atoms with E-state index in [2.05, 4.69) is 4.72 Å². The molecular formula is C11H14ClNO4S. The Bertz CT molecular complexity index is 556. The molecule has 0 bridgehead atoms. The second-order valence-corrected chi connectivity index (χ2v) is 5.95. The number of rotatable bonds is 5. The molecule has 0 fully saturated rings. The van der Waals surface area contributed by atoms with Crippen molar-refractivity contribution < 1.29 is 18.3 Å². The van der Waals surface area contributed by atoms with E-state index in [4.69, 9.17) is 16.7 Å². The minimum Gasteiger partial charge on any atom is -0.480 e. The molecule has 100 valence electrons. The second kappa shape index (κ2) is 5.69. The molecule has 18 heavy (non-hydrogen) atoms. The normalized spacial score (nSPS) is 13.3. The predicted octanol–water partition coefficient (Wildman–Crippen LogP) is 1.79. The summed E-state index contributed by atoms with van der Waals surface area (Å²) in [5, 5.41) is 9.15. The molecule has 0 aromatic heterocycles. The van der Waals surface area contributed by atoms with Crippen molar-refractivity contribution in [2.45, 2.75) is 31.2 Å². The maximum atomic E-state index is 11.9. The lowest BCUT2D eigenvalue weighted by molar-refractivity contribution is -0.139. The van der Waals surface area contributed by atoms with Crippen LogP contribution in [-0.2, 0) is 14.8 Å². The number of carboxylic acid groups (broad SMARTS) is 1. The Morgan fingerprint density at radius 3 is 2.56 bits per heavy atom. The van der Waals surface area contributed by atoms with E-state index < -0.39 is 22.0 Å². The van der Waals surface area contributed by atoms with Crippen LogP contribution in [0.5, 0.6) is 0 Å². The van der Waals surface area contributed by atoms with E-state index in [1.807, 2.05) is 0 Å². The third-order valence-electron chi connectivity index (χ3n) is 2.46. The van der Waals surface area contributed by atoms with Crippen molar-refractivity contribution in [3.05, 3.63) is 28.8 Å². The zero-order valence-electron chi connectivity index (χ0n) is 9.97. The van der Waals surface area contributed by atoms with Crippen LogP contribution < -0.4 is 4.72 Å². The van der Waals surface area contributed by atoms with Crippen molar-refractivity contribution in [1.29, 1.82) is 0 Å². The fourth-order valence-electron chi connectivity index (χ4n) is 1.30. The van der Waals surface area contributed by atoms with Crippen LogP contribution in [0.2, 0.25) is 5.02 Å². The first-order chi connectivity index (χ1) is 8.27. The van der Waals surface area contributed by atoms with Crippen LogP contribution in [0, 0.1) is 6.92 Å². The lowest BCUT2D eigenvalue weighted by Crippen LogP contribution is -2.40. The van der Waals surface area contributed by atoms with Gasteiger partial charge in [-0.2, -0.15) is 4.72 Å². The molecule has 5 nitrogen and oxygen atoms in total. The molecule has 1 aromatic rings. The third-order valence-corrected chi connectivity index (χ3v) is 4.33. The predicted molar refractivity (Wildman–Crippen MR) is 68.2 cm³/mol. The van der Waals surface area contributed by atoms with Crippen molar-refractivity contribution in [3.63, 3.8) is 0 Å². The monoisotopic (exact) mass is 291 g/mol. The van der Waals surface area contributed by atoms with Crippen LogP contribution in [0.4, 0.5) is 0 Å². The quantitative estimate of drug-likeness (QED) is 0.866. The van der Waals surface area contributed by atoms with E-state index in [0.717, 1.165) is 5.56 Å². The molecule has 0 spiro atoms. The van der Waals surface area contributed by atoms with Crippen molar-refractivity contribution >= 4 is 27.6 Å². The summed E-state index contributed by atoms with van der Waals surface area (Å²) >= 11 is 5.84. The summed E-state index contributed by atoms with van der Waals surface area (Å²) in [6.45, 7) is 3.34. The SMILES string of the molecule is CC[C@@H](NS(=O)(=O)c1ccc(C)c(Cl)c1)C(=O)O. The number of halogens is 1. The summed E-state index contributed by atoms with van der Waals surface area (Å²) in [5.74, 6) is -1.21. The largest absolute Gasteiger partial charge is 0.480 e. The topological polar surface area (TPSA) is 83.5 Å². The van der Waals surface area contributed by atoms with Gasteiger partial charge in [0.05, 0.1) is 4.90 Å². The number of carboxylic acids is 1. The summed E-state index contributed by atoms with van der Waals surface area (Å²) in [6.07, 6.45) is 0.161. The van der Waals surface area contributed by atoms with Gasteiger partial charge in [-0.25, -0.2) is 8.42 Å². The van der Waals surface area contributed by atoms with Crippen molar-refractivity contribution in [2.24, 2.45) is 0 Å². The van der Waals surface area contributed by atoms with E-state index >= 15 is 0 Å². The van der Waals surface area contributed by atoms with Gasteiger partial charge in [-0.3, -0.25) is 4.79 Å². The molecule has 1 aromatic carbocycles. The van der Waals surface area contributed by atoms with Gasteiger partial charge in [-0.1, -0.05) is 24.6 Å². The van der Waals surface area contributed by atoms with E-state index in [1.54, 1.807) is 19.9 Å². The summed E-state index contributed by atoms with van der Waals surface area (Å²) < 4.78 is 26.0. The number of benzene rings is 1. The molecule has 0 unspecified atom stereocenters. The molecule has 1 atom stereocenters. The maximum Gasteiger partial charge on any atom is 0.321 e. The first-order valence-electron chi connectivity index (χ1n) is 5.29. The van der Waals surface area contributed by atoms with Gasteiger partial charge in [0.1, 0.15) is 6.04 Å². The van der Waals surface area contributed by atoms with Gasteiger partial charge < -0.3 is 5.11 Å². The highest BCUT2D eigenvalue weighted by Crippen LogP contribution is 2.20. The number of nitrogens with one attached hydrogen (secondary N) is 1. The highest BCUT2D eigenvalue weighted by atomic mass is 35.5. The molecule has 0 amide bonds. The van der Waals surface area contributed by atoms with Crippen LogP contribution in [0.1, 0.15) is 18.9 Å². The number of hydrogen-bond donors (Lipinski definition) is 2. The Kier molecular flexibility index (Phi) is 4.72. The summed E-state index contributed by atoms with van der Waals surface area (Å²) in [4.78, 5) is 10.8. The maximum absolute atomic E-state index is 11.9. The van der Waals surface area contributed by atoms with Gasteiger partial charge in [-0.15, -0.1) is 0 Å². The lowest BCUT2D eigenvalue weighted by Gasteiger charge is -2.13. The van der Waals surface area contributed by atoms with E-state index in [-0.39, 0.29) is 11.3 Å². The molecule has 1 rings (SSSR count). The molecule has 0 aliphatic heterocycles. The number of aliphatic carboxylic acids is 1. The zero-order chi connectivity index (χ0) is 13.9. The Labute approximate surface area is 111 Å². The Hall–Kier alpha value is -1.11. The van der Waals surface area contributed by atoms with Gasteiger partial charge in [0.2, 0.25) is 10.0 Å². The lowest BCUT2D eigenvalue weighted by atomic mass is 10.2. The first kappa shape index (κ1) is 14.9. The van der Waals surface area contributed by atoms with Crippen LogP contribution >= 0.6 is 11.6 Å². The smallest absolute Gasteiger partial charge is 0.321 e. The summed E-state index contributed by atoms with van der Waals surface area (Å²) in [7, 11) is -3.87. The molecule has 0 radical (unpaired) electrons. The Morgan fingerprint density at radius 1 is 1.50 bits per heavy atom. The minimum absolute atomic E-state index is 0.0437. The van der Waals surface area contributed by atoms with E-state index in [9.17, 15) is 13.2 Å². The second-order valence-electron chi connectivity index (χ2n) is 3.83. The van der Waals surface area contributed by atoms with Gasteiger partial charge in [0.15, 0.2) is 0 Å². The van der Waals surface area contributed by atoms with Gasteiger partial charge in [0, 0.05) is 5.02 Å². The summed E-state index contributed by atoms with van der Waals surface area (Å²) in [5.41, 5.74) is 0.751. The molecule has 0 heterocycles. The fourth-order valence-corrected chi connectivity index (χ4v) is 2.85. The molecule has 0 saturated heterocycles. The molecule has 7 heteroatoms. The van der Waals surface area contributed by atoms with Crippen LogP contribution in [0.25, 0.3) is 0 Å². The highest BCUT2D eigenvalue weighted by Gasteiger charge is 2.24. The number of hydrogen-bond acceptors (Lipinski definition) is 3. The molecule has 2 N–H and O–H groups in total. The average Bonchev–Trinajstić information content (AvgIpc) is 2.29. The fraction of sp³-hybridized carbons (Fsp3) is 0.364. The third kappa shape index (κ3) is 3.44. The van der Waals surface area contributed by atoms with Crippen LogP contribution in [-0.4, -0.2) is 25.5 Å². The highest BCUT2D eigenvalue weighted by molar-refractivity contribution is 7.89. The van der Waals surface area contributed by atoms with Gasteiger partial charge in [0.25, 0.3) is 0 Å². The number of carbonyl (C=O) groups is 1. The minimum atomic E-state index is -3.87. The first-order valence-corrected chi connectivity index (χ1v) is 7.15. The van der Waals surface area contributed by atoms with E-state index in [0.29, 0.717) is 5.02 Å². The van der Waals surface area contributed by atoms with Gasteiger partial charge in [-0.05, 0) is 31.0 Å². The molecule has 0 aliphatic rings. The standard InChI is InChI=1S/C11H14ClNO4S/c1-3-10(11(14)15)13-18(16,17)8-5-4-7(2)9(12)6-8/h4-6,10,13H,3H2,1-2H3,(H,14,15)/t10-/m1/s1. The van der Waals surface area contributed by atoms with Crippen molar-refractivity contribution in [2.75, 3.05) is 0 Å². The molecule has 0 saturated carbocycles. The number of aryl methyl sites for hydroxylation is 1. The molecule has 0 aliphatic carbocycles. The van der Waals surface area contributed by atoms with Crippen molar-refractivity contribution in [3.8, 4) is 0 Å². The summed E-state index contributed by atoms with van der Waals surface area (Å²) in [6, 6.07) is 3.11. The van der Waals surface area contributed by atoms with E-state index in [1.165, 1.54) is 12.1 Å². The average molecular weight is 292 g/mol. The Balaban J connectivity index is 3.06. The molecular weight excluding hydrogens is 278 g/mol. The van der Waals surface area contributed by atoms with Crippen molar-refractivity contribution in [1.82, 2.24) is 4.72 Å². The zero-order valence-corrected chi connectivity index (χ0v) is 11.5. The number of sulfonamides is 1.